The molecule has 74 valence electrons. The molecule has 0 aromatic carbocycles. The molecular weight excluding hydrogens is 150 g/mol. The first-order valence-electron chi connectivity index (χ1n) is 4.77. The first-order valence-corrected chi connectivity index (χ1v) is 4.77. The largest absolute Gasteiger partial charge is 0.381 e. The summed E-state index contributed by atoms with van der Waals surface area (Å²) < 4.78 is 5.42. The molecule has 0 bridgehead atoms. The van der Waals surface area contributed by atoms with Gasteiger partial charge >= 0.3 is 0 Å². The monoisotopic (exact) mass is 173 g/mol. The highest BCUT2D eigenvalue weighted by atomic mass is 16.5. The first-order chi connectivity index (χ1) is 5.52. The maximum atomic E-state index is 5.42. The number of hydrogen-bond acceptors (Lipinski definition) is 2. The third-order valence-electron chi connectivity index (χ3n) is 2.05. The smallest absolute Gasteiger partial charge is 0.0517 e. The normalized spacial score (nSPS) is 14.8. The molecule has 0 aliphatic carbocycles. The van der Waals surface area contributed by atoms with Crippen LogP contribution in [0.4, 0.5) is 0 Å². The van der Waals surface area contributed by atoms with Gasteiger partial charge in [0.05, 0.1) is 6.61 Å². The minimum Gasteiger partial charge on any atom is -0.381 e. The van der Waals surface area contributed by atoms with Gasteiger partial charge in [0.1, 0.15) is 0 Å². The van der Waals surface area contributed by atoms with Gasteiger partial charge in [0.2, 0.25) is 0 Å². The minimum atomic E-state index is 0.290. The number of rotatable bonds is 6. The average Bonchev–Trinajstić information content (AvgIpc) is 2.00. The maximum Gasteiger partial charge on any atom is 0.0517 e. The Balaban J connectivity index is 3.69. The number of ether oxygens (including phenoxy) is 1. The Morgan fingerprint density at radius 1 is 1.42 bits per heavy atom. The summed E-state index contributed by atoms with van der Waals surface area (Å²) in [6.45, 7) is 10.4. The van der Waals surface area contributed by atoms with Crippen molar-refractivity contribution in [2.45, 2.75) is 40.2 Å². The average molecular weight is 173 g/mol. The van der Waals surface area contributed by atoms with E-state index < -0.39 is 0 Å². The fraction of sp³-hybridized carbons (Fsp3) is 1.00. The van der Waals surface area contributed by atoms with Gasteiger partial charge in [-0.1, -0.05) is 13.8 Å². The zero-order chi connectivity index (χ0) is 9.61. The third kappa shape index (κ3) is 5.56. The van der Waals surface area contributed by atoms with Gasteiger partial charge in [0.15, 0.2) is 0 Å². The standard InChI is InChI=1S/C10H23NO/c1-6-12-8-10(3,4)7-9(2)11-5/h9,11H,6-8H2,1-5H3. The van der Waals surface area contributed by atoms with Gasteiger partial charge in [-0.25, -0.2) is 0 Å². The van der Waals surface area contributed by atoms with Crippen molar-refractivity contribution < 1.29 is 4.74 Å². The Labute approximate surface area is 76.7 Å². The highest BCUT2D eigenvalue weighted by Gasteiger charge is 2.20. The van der Waals surface area contributed by atoms with E-state index in [1.165, 1.54) is 0 Å². The molecule has 0 rings (SSSR count). The van der Waals surface area contributed by atoms with Crippen LogP contribution in [0.25, 0.3) is 0 Å². The van der Waals surface area contributed by atoms with Crippen molar-refractivity contribution >= 4 is 0 Å². The van der Waals surface area contributed by atoms with E-state index in [-0.39, 0.29) is 0 Å². The molecule has 0 radical (unpaired) electrons. The fourth-order valence-corrected chi connectivity index (χ4v) is 1.37. The van der Waals surface area contributed by atoms with Crippen LogP contribution < -0.4 is 5.32 Å². The van der Waals surface area contributed by atoms with Crippen LogP contribution in [0, 0.1) is 5.41 Å². The summed E-state index contributed by atoms with van der Waals surface area (Å²) in [5.41, 5.74) is 0.290. The molecule has 0 aromatic rings. The lowest BCUT2D eigenvalue weighted by Gasteiger charge is -2.27. The van der Waals surface area contributed by atoms with E-state index in [9.17, 15) is 0 Å². The van der Waals surface area contributed by atoms with Gasteiger partial charge in [-0.2, -0.15) is 0 Å². The highest BCUT2D eigenvalue weighted by molar-refractivity contribution is 4.73. The second-order valence-corrected chi connectivity index (χ2v) is 4.20. The Morgan fingerprint density at radius 2 is 2.00 bits per heavy atom. The molecule has 0 aliphatic heterocycles. The Morgan fingerprint density at radius 3 is 2.42 bits per heavy atom. The van der Waals surface area contributed by atoms with E-state index in [2.05, 4.69) is 26.1 Å². The zero-order valence-electron chi connectivity index (χ0n) is 9.11. The summed E-state index contributed by atoms with van der Waals surface area (Å²) in [5, 5.41) is 3.24. The van der Waals surface area contributed by atoms with Crippen LogP contribution in [0.1, 0.15) is 34.1 Å². The lowest BCUT2D eigenvalue weighted by molar-refractivity contribution is 0.0614. The van der Waals surface area contributed by atoms with E-state index in [0.717, 1.165) is 19.6 Å². The summed E-state index contributed by atoms with van der Waals surface area (Å²) in [5.74, 6) is 0. The number of nitrogens with one attached hydrogen (secondary N) is 1. The molecule has 0 aromatic heterocycles. The Hall–Kier alpha value is -0.0800. The van der Waals surface area contributed by atoms with Gasteiger partial charge in [-0.05, 0) is 32.7 Å². The predicted octanol–water partition coefficient (Wildman–Crippen LogP) is 2.05. The molecule has 2 heteroatoms. The van der Waals surface area contributed by atoms with Crippen molar-refractivity contribution in [2.24, 2.45) is 5.41 Å². The molecule has 0 spiro atoms. The molecule has 2 nitrogen and oxygen atoms in total. The quantitative estimate of drug-likeness (QED) is 0.663. The molecule has 0 saturated heterocycles. The van der Waals surface area contributed by atoms with Crippen LogP contribution in [-0.2, 0) is 4.74 Å². The Kier molecular flexibility index (Phi) is 5.51. The summed E-state index contributed by atoms with van der Waals surface area (Å²) in [6, 6.07) is 0.570. The molecule has 0 amide bonds. The van der Waals surface area contributed by atoms with Crippen LogP contribution in [-0.4, -0.2) is 26.3 Å². The van der Waals surface area contributed by atoms with Crippen LogP contribution in [0.5, 0.6) is 0 Å². The van der Waals surface area contributed by atoms with Crippen molar-refractivity contribution in [3.8, 4) is 0 Å². The van der Waals surface area contributed by atoms with Crippen LogP contribution in [0.2, 0.25) is 0 Å². The van der Waals surface area contributed by atoms with Crippen molar-refractivity contribution in [3.63, 3.8) is 0 Å². The maximum absolute atomic E-state index is 5.42. The molecular formula is C10H23NO. The van der Waals surface area contributed by atoms with Crippen molar-refractivity contribution in [1.29, 1.82) is 0 Å². The molecule has 0 fully saturated rings. The lowest BCUT2D eigenvalue weighted by Crippen LogP contribution is -2.31. The van der Waals surface area contributed by atoms with Crippen LogP contribution in [0.3, 0.4) is 0 Å². The van der Waals surface area contributed by atoms with Crippen LogP contribution >= 0.6 is 0 Å². The molecule has 0 saturated carbocycles. The van der Waals surface area contributed by atoms with Gasteiger partial charge in [0.25, 0.3) is 0 Å². The SMILES string of the molecule is CCOCC(C)(C)CC(C)NC. The second-order valence-electron chi connectivity index (χ2n) is 4.20. The molecule has 1 unspecified atom stereocenters. The van der Waals surface area contributed by atoms with E-state index in [1.807, 2.05) is 14.0 Å². The van der Waals surface area contributed by atoms with E-state index >= 15 is 0 Å². The highest BCUT2D eigenvalue weighted by Crippen LogP contribution is 2.22. The van der Waals surface area contributed by atoms with Gasteiger partial charge in [0, 0.05) is 12.6 Å². The van der Waals surface area contributed by atoms with Gasteiger partial charge in [-0.15, -0.1) is 0 Å². The van der Waals surface area contributed by atoms with Crippen molar-refractivity contribution in [2.75, 3.05) is 20.3 Å². The topological polar surface area (TPSA) is 21.3 Å². The van der Waals surface area contributed by atoms with E-state index in [1.54, 1.807) is 0 Å². The molecule has 0 heterocycles. The van der Waals surface area contributed by atoms with Crippen molar-refractivity contribution in [1.82, 2.24) is 5.32 Å². The fourth-order valence-electron chi connectivity index (χ4n) is 1.37. The van der Waals surface area contributed by atoms with E-state index in [4.69, 9.17) is 4.74 Å². The molecule has 1 atom stereocenters. The summed E-state index contributed by atoms with van der Waals surface area (Å²) in [4.78, 5) is 0. The summed E-state index contributed by atoms with van der Waals surface area (Å²) in [6.07, 6.45) is 1.16. The molecule has 1 N–H and O–H groups in total. The Bertz CT molecular complexity index is 112. The van der Waals surface area contributed by atoms with E-state index in [0.29, 0.717) is 11.5 Å². The van der Waals surface area contributed by atoms with Crippen LogP contribution in [0.15, 0.2) is 0 Å². The number of hydrogen-bond donors (Lipinski definition) is 1. The second kappa shape index (κ2) is 5.55. The van der Waals surface area contributed by atoms with Gasteiger partial charge in [-0.3, -0.25) is 0 Å². The summed E-state index contributed by atoms with van der Waals surface area (Å²) >= 11 is 0. The first kappa shape index (κ1) is 11.9. The minimum absolute atomic E-state index is 0.290. The van der Waals surface area contributed by atoms with Crippen molar-refractivity contribution in [3.05, 3.63) is 0 Å². The molecule has 0 aliphatic rings. The zero-order valence-corrected chi connectivity index (χ0v) is 9.11. The third-order valence-corrected chi connectivity index (χ3v) is 2.05. The van der Waals surface area contributed by atoms with Gasteiger partial charge < -0.3 is 10.1 Å². The summed E-state index contributed by atoms with van der Waals surface area (Å²) in [7, 11) is 2.00. The predicted molar refractivity (Wildman–Crippen MR) is 53.4 cm³/mol. The molecule has 12 heavy (non-hydrogen) atoms. The lowest BCUT2D eigenvalue weighted by atomic mass is 9.87.